The maximum absolute atomic E-state index is 13.9. The molecule has 2 aromatic rings. The van der Waals surface area contributed by atoms with Crippen LogP contribution in [0.15, 0.2) is 11.1 Å². The summed E-state index contributed by atoms with van der Waals surface area (Å²) in [7, 11) is -3.41. The highest BCUT2D eigenvalue weighted by molar-refractivity contribution is 7.59. The molecule has 0 amide bonds. The maximum atomic E-state index is 13.9. The van der Waals surface area contributed by atoms with Crippen molar-refractivity contribution in [2.45, 2.75) is 73.0 Å². The summed E-state index contributed by atoms with van der Waals surface area (Å²) < 4.78 is 25.7. The number of carbonyl (C=O) groups is 2. The van der Waals surface area contributed by atoms with Gasteiger partial charge < -0.3 is 19.8 Å². The van der Waals surface area contributed by atoms with Crippen molar-refractivity contribution in [3.8, 4) is 0 Å². The zero-order valence-corrected chi connectivity index (χ0v) is 22.7. The van der Waals surface area contributed by atoms with Crippen LogP contribution in [0.2, 0.25) is 0 Å². The minimum Gasteiger partial charge on any atom is -0.465 e. The summed E-state index contributed by atoms with van der Waals surface area (Å²) in [5.74, 6) is -1.05. The summed E-state index contributed by atoms with van der Waals surface area (Å²) in [5.41, 5.74) is 5.57. The average molecular weight is 528 g/mol. The van der Waals surface area contributed by atoms with Gasteiger partial charge in [0, 0.05) is 12.7 Å². The first kappa shape index (κ1) is 29.5. The van der Waals surface area contributed by atoms with Crippen LogP contribution in [0.25, 0.3) is 11.2 Å². The Morgan fingerprint density at radius 1 is 1.14 bits per heavy atom. The van der Waals surface area contributed by atoms with E-state index in [1.165, 1.54) is 0 Å². The van der Waals surface area contributed by atoms with E-state index in [2.05, 4.69) is 25.1 Å². The van der Waals surface area contributed by atoms with E-state index < -0.39 is 37.0 Å². The molecule has 36 heavy (non-hydrogen) atoms. The van der Waals surface area contributed by atoms with Crippen molar-refractivity contribution in [1.29, 1.82) is 0 Å². The van der Waals surface area contributed by atoms with E-state index >= 15 is 0 Å². The van der Waals surface area contributed by atoms with E-state index in [-0.39, 0.29) is 36.3 Å². The highest BCUT2D eigenvalue weighted by Gasteiger charge is 2.33. The Kier molecular flexibility index (Phi) is 10.2. The van der Waals surface area contributed by atoms with Gasteiger partial charge in [-0.05, 0) is 46.0 Å². The van der Waals surface area contributed by atoms with Crippen molar-refractivity contribution >= 4 is 36.5 Å². The van der Waals surface area contributed by atoms with Crippen LogP contribution in [-0.2, 0) is 30.2 Å². The SMILES string of the molecule is CCOC(=O)[C@H](C)NP(=O)(CCC(C)(C)CCn1cnc2c(=O)[nH]c(N)nc21)N[C@H](C)C(=O)OCC. The molecule has 0 aliphatic heterocycles. The van der Waals surface area contributed by atoms with Crippen LogP contribution in [0.5, 0.6) is 0 Å². The predicted molar refractivity (Wildman–Crippen MR) is 137 cm³/mol. The van der Waals surface area contributed by atoms with E-state index in [1.807, 2.05) is 13.8 Å². The average Bonchev–Trinajstić information content (AvgIpc) is 3.20. The molecule has 0 saturated carbocycles. The third-order valence-corrected chi connectivity index (χ3v) is 8.17. The molecule has 0 aliphatic carbocycles. The topological polar surface area (TPSA) is 183 Å². The van der Waals surface area contributed by atoms with Crippen molar-refractivity contribution in [3.05, 3.63) is 16.7 Å². The van der Waals surface area contributed by atoms with Gasteiger partial charge in [0.05, 0.1) is 19.5 Å². The number of aromatic amines is 1. The van der Waals surface area contributed by atoms with Crippen LogP contribution in [0.1, 0.15) is 54.4 Å². The number of nitrogens with two attached hydrogens (primary N) is 1. The number of H-pyrrole nitrogens is 1. The van der Waals surface area contributed by atoms with Crippen LogP contribution in [0.3, 0.4) is 0 Å². The van der Waals surface area contributed by atoms with E-state index in [0.717, 1.165) is 0 Å². The van der Waals surface area contributed by atoms with Gasteiger partial charge >= 0.3 is 11.9 Å². The molecule has 5 N–H and O–H groups in total. The Hall–Kier alpha value is -2.76. The van der Waals surface area contributed by atoms with Crippen LogP contribution < -0.4 is 21.5 Å². The molecular weight excluding hydrogens is 489 g/mol. The standard InChI is InChI=1S/C22H38N7O6P/c1-7-34-19(31)14(3)27-36(33,28-15(4)20(32)35-8-2)12-10-22(5,6)9-11-29-13-24-16-17(29)25-21(23)26-18(16)30/h13-15H,7-12H2,1-6H3,(H2,27,28,33)(H3,23,25,26,30)/t14-,15+,36?. The summed E-state index contributed by atoms with van der Waals surface area (Å²) in [6, 6.07) is -1.68. The van der Waals surface area contributed by atoms with E-state index in [0.29, 0.717) is 25.0 Å². The Morgan fingerprint density at radius 2 is 1.69 bits per heavy atom. The second-order valence-electron chi connectivity index (χ2n) is 9.39. The minimum absolute atomic E-state index is 0.0121. The Balaban J connectivity index is 2.13. The molecule has 202 valence electrons. The van der Waals surface area contributed by atoms with E-state index in [4.69, 9.17) is 15.2 Å². The molecule has 1 unspecified atom stereocenters. The number of hydrogen-bond donors (Lipinski definition) is 4. The smallest absolute Gasteiger partial charge is 0.323 e. The molecule has 0 aliphatic rings. The first-order valence-electron chi connectivity index (χ1n) is 12.0. The summed E-state index contributed by atoms with van der Waals surface area (Å²) in [6.07, 6.45) is 2.85. The van der Waals surface area contributed by atoms with E-state index in [9.17, 15) is 18.9 Å². The molecule has 2 aromatic heterocycles. The van der Waals surface area contributed by atoms with Crippen LogP contribution in [-0.4, -0.2) is 62.9 Å². The zero-order valence-electron chi connectivity index (χ0n) is 21.8. The zero-order chi connectivity index (χ0) is 27.1. The molecule has 0 spiro atoms. The monoisotopic (exact) mass is 527 g/mol. The summed E-state index contributed by atoms with van der Waals surface area (Å²) in [6.45, 7) is 11.5. The quantitative estimate of drug-likeness (QED) is 0.207. The molecule has 0 radical (unpaired) electrons. The van der Waals surface area contributed by atoms with Gasteiger partial charge in [-0.2, -0.15) is 4.98 Å². The van der Waals surface area contributed by atoms with Crippen molar-refractivity contribution in [1.82, 2.24) is 29.7 Å². The molecule has 2 heterocycles. The van der Waals surface area contributed by atoms with Gasteiger partial charge in [-0.25, -0.2) is 15.2 Å². The fraction of sp³-hybridized carbons (Fsp3) is 0.682. The Morgan fingerprint density at radius 3 is 2.22 bits per heavy atom. The highest BCUT2D eigenvalue weighted by Crippen LogP contribution is 2.42. The lowest BCUT2D eigenvalue weighted by atomic mass is 9.86. The third-order valence-electron chi connectivity index (χ3n) is 5.71. The van der Waals surface area contributed by atoms with Gasteiger partial charge in [0.25, 0.3) is 5.56 Å². The number of aryl methyl sites for hydroxylation is 1. The van der Waals surface area contributed by atoms with Gasteiger partial charge in [0.2, 0.25) is 13.4 Å². The van der Waals surface area contributed by atoms with Crippen molar-refractivity contribution < 1.29 is 23.6 Å². The summed E-state index contributed by atoms with van der Waals surface area (Å²) in [5, 5.41) is 5.74. The molecular formula is C22H38N7O6P. The lowest BCUT2D eigenvalue weighted by molar-refractivity contribution is -0.145. The number of rotatable bonds is 14. The number of fused-ring (bicyclic) bond motifs is 1. The van der Waals surface area contributed by atoms with Gasteiger partial charge in [0.15, 0.2) is 11.2 Å². The number of hydrogen-bond acceptors (Lipinski definition) is 9. The summed E-state index contributed by atoms with van der Waals surface area (Å²) >= 11 is 0. The van der Waals surface area contributed by atoms with Crippen LogP contribution >= 0.6 is 7.44 Å². The van der Waals surface area contributed by atoms with Gasteiger partial charge in [-0.1, -0.05) is 13.8 Å². The molecule has 14 heteroatoms. The minimum atomic E-state index is -3.41. The van der Waals surface area contributed by atoms with Crippen molar-refractivity contribution in [3.63, 3.8) is 0 Å². The molecule has 0 saturated heterocycles. The number of anilines is 1. The van der Waals surface area contributed by atoms with Crippen molar-refractivity contribution in [2.75, 3.05) is 25.1 Å². The van der Waals surface area contributed by atoms with Gasteiger partial charge in [-0.3, -0.25) is 23.9 Å². The molecule has 0 bridgehead atoms. The van der Waals surface area contributed by atoms with Crippen LogP contribution in [0.4, 0.5) is 5.95 Å². The number of nitrogen functional groups attached to an aromatic ring is 1. The highest BCUT2D eigenvalue weighted by atomic mass is 31.2. The van der Waals surface area contributed by atoms with Gasteiger partial charge in [0.1, 0.15) is 12.1 Å². The molecule has 0 fully saturated rings. The molecule has 3 atom stereocenters. The Labute approximate surface area is 210 Å². The fourth-order valence-electron chi connectivity index (χ4n) is 3.57. The number of aromatic nitrogens is 4. The van der Waals surface area contributed by atoms with E-state index in [1.54, 1.807) is 38.6 Å². The first-order valence-corrected chi connectivity index (χ1v) is 13.9. The number of esters is 2. The van der Waals surface area contributed by atoms with Crippen molar-refractivity contribution in [2.24, 2.45) is 5.41 Å². The second kappa shape index (κ2) is 12.5. The number of imidazole rings is 1. The largest absolute Gasteiger partial charge is 0.465 e. The lowest BCUT2D eigenvalue weighted by Crippen LogP contribution is -2.43. The second-order valence-corrected chi connectivity index (χ2v) is 11.8. The molecule has 2 rings (SSSR count). The number of carbonyl (C=O) groups excluding carboxylic acids is 2. The molecule has 13 nitrogen and oxygen atoms in total. The lowest BCUT2D eigenvalue weighted by Gasteiger charge is -2.30. The van der Waals surface area contributed by atoms with Crippen LogP contribution in [0, 0.1) is 5.41 Å². The maximum Gasteiger partial charge on any atom is 0.323 e. The normalized spacial score (nSPS) is 15.3. The number of nitrogens with one attached hydrogen (secondary N) is 3. The molecule has 0 aromatic carbocycles. The number of ether oxygens (including phenoxy) is 2. The summed E-state index contributed by atoms with van der Waals surface area (Å²) in [4.78, 5) is 47.1. The number of nitrogens with zero attached hydrogens (tertiary/aromatic N) is 3. The fourth-order valence-corrected chi connectivity index (χ4v) is 6.29. The third kappa shape index (κ3) is 8.14. The van der Waals surface area contributed by atoms with Gasteiger partial charge in [-0.15, -0.1) is 0 Å². The Bertz CT molecular complexity index is 1130. The predicted octanol–water partition coefficient (Wildman–Crippen LogP) is 1.78. The first-order chi connectivity index (χ1) is 16.8.